The van der Waals surface area contributed by atoms with Crippen molar-refractivity contribution < 1.29 is 14.6 Å². The van der Waals surface area contributed by atoms with E-state index in [1.54, 1.807) is 12.1 Å². The number of rotatable bonds is 8. The van der Waals surface area contributed by atoms with Crippen molar-refractivity contribution in [1.29, 1.82) is 0 Å². The fraction of sp³-hybridized carbons (Fsp3) is 0.533. The molecule has 21 heavy (non-hydrogen) atoms. The zero-order chi connectivity index (χ0) is 15.7. The highest BCUT2D eigenvalue weighted by Crippen LogP contribution is 2.22. The third kappa shape index (κ3) is 6.23. The van der Waals surface area contributed by atoms with Gasteiger partial charge in [-0.25, -0.2) is 4.79 Å². The topological polar surface area (TPSA) is 70.6 Å². The minimum absolute atomic E-state index is 0.0929. The van der Waals surface area contributed by atoms with Crippen molar-refractivity contribution in [2.24, 2.45) is 0 Å². The van der Waals surface area contributed by atoms with Gasteiger partial charge in [-0.1, -0.05) is 37.1 Å². The number of amides is 2. The number of hydrogen-bond donors (Lipinski definition) is 3. The molecule has 1 aromatic carbocycles. The van der Waals surface area contributed by atoms with Gasteiger partial charge in [0.05, 0.1) is 23.7 Å². The van der Waals surface area contributed by atoms with Gasteiger partial charge in [-0.2, -0.15) is 0 Å². The molecule has 2 amide bonds. The maximum atomic E-state index is 11.8. The van der Waals surface area contributed by atoms with Crippen LogP contribution in [-0.2, 0) is 0 Å². The highest BCUT2D eigenvalue weighted by Gasteiger charge is 2.24. The fourth-order valence-electron chi connectivity index (χ4n) is 1.94. The number of carbonyl (C=O) groups is 1. The van der Waals surface area contributed by atoms with Crippen molar-refractivity contribution in [3.05, 3.63) is 29.3 Å². The number of para-hydroxylation sites is 1. The number of urea groups is 1. The van der Waals surface area contributed by atoms with E-state index in [-0.39, 0.29) is 12.6 Å². The van der Waals surface area contributed by atoms with E-state index in [2.05, 4.69) is 10.6 Å². The van der Waals surface area contributed by atoms with E-state index in [1.165, 1.54) is 0 Å². The van der Waals surface area contributed by atoms with Crippen molar-refractivity contribution in [2.75, 3.05) is 19.8 Å². The van der Waals surface area contributed by atoms with Crippen LogP contribution >= 0.6 is 11.6 Å². The summed E-state index contributed by atoms with van der Waals surface area (Å²) in [7, 11) is 0. The molecule has 0 radical (unpaired) electrons. The van der Waals surface area contributed by atoms with Crippen LogP contribution in [0.15, 0.2) is 24.3 Å². The second kappa shape index (κ2) is 8.74. The summed E-state index contributed by atoms with van der Waals surface area (Å²) >= 11 is 5.95. The van der Waals surface area contributed by atoms with E-state index in [0.29, 0.717) is 30.3 Å². The van der Waals surface area contributed by atoms with Gasteiger partial charge >= 0.3 is 6.03 Å². The summed E-state index contributed by atoms with van der Waals surface area (Å²) in [5.41, 5.74) is -0.595. The predicted octanol–water partition coefficient (Wildman–Crippen LogP) is 2.57. The smallest absolute Gasteiger partial charge is 0.315 e. The van der Waals surface area contributed by atoms with Gasteiger partial charge in [-0.05, 0) is 25.5 Å². The summed E-state index contributed by atoms with van der Waals surface area (Å²) in [6.07, 6.45) is 1.60. The average Bonchev–Trinajstić information content (AvgIpc) is 2.45. The van der Waals surface area contributed by atoms with Crippen LogP contribution in [0, 0.1) is 0 Å². The number of nitrogens with one attached hydrogen (secondary N) is 2. The number of halogens is 1. The number of benzene rings is 1. The molecule has 0 saturated carbocycles. The van der Waals surface area contributed by atoms with Crippen LogP contribution in [0.25, 0.3) is 0 Å². The molecule has 0 spiro atoms. The number of aliphatic hydroxyl groups is 1. The van der Waals surface area contributed by atoms with Crippen molar-refractivity contribution in [3.8, 4) is 5.75 Å². The number of carbonyl (C=O) groups excluding carboxylic acids is 1. The molecule has 0 fully saturated rings. The van der Waals surface area contributed by atoms with Gasteiger partial charge < -0.3 is 20.5 Å². The Balaban J connectivity index is 2.29. The van der Waals surface area contributed by atoms with Gasteiger partial charge in [0.15, 0.2) is 0 Å². The highest BCUT2D eigenvalue weighted by molar-refractivity contribution is 6.32. The van der Waals surface area contributed by atoms with E-state index in [0.717, 1.165) is 6.42 Å². The number of ether oxygens (including phenoxy) is 1. The Kier molecular flexibility index (Phi) is 7.32. The lowest BCUT2D eigenvalue weighted by atomic mass is 9.98. The molecule has 0 aliphatic carbocycles. The van der Waals surface area contributed by atoms with E-state index in [1.807, 2.05) is 26.0 Å². The summed E-state index contributed by atoms with van der Waals surface area (Å²) in [5.74, 6) is 0.590. The molecular weight excluding hydrogens is 292 g/mol. The standard InChI is InChI=1S/C15H23ClN2O3/c1-3-8-15(2,11-19)18-14(20)17-9-10-21-13-7-5-4-6-12(13)16/h4-7,19H,3,8-11H2,1-2H3,(H2,17,18,20). The van der Waals surface area contributed by atoms with Gasteiger partial charge in [-0.3, -0.25) is 0 Å². The van der Waals surface area contributed by atoms with Crippen LogP contribution in [-0.4, -0.2) is 36.4 Å². The molecule has 0 aliphatic heterocycles. The lowest BCUT2D eigenvalue weighted by Gasteiger charge is -2.28. The van der Waals surface area contributed by atoms with Gasteiger partial charge in [-0.15, -0.1) is 0 Å². The minimum atomic E-state index is -0.595. The van der Waals surface area contributed by atoms with Gasteiger partial charge in [0.1, 0.15) is 12.4 Å². The van der Waals surface area contributed by atoms with Crippen LogP contribution in [0.1, 0.15) is 26.7 Å². The Bertz CT molecular complexity index is 456. The first kappa shape index (κ1) is 17.6. The van der Waals surface area contributed by atoms with E-state index >= 15 is 0 Å². The molecule has 3 N–H and O–H groups in total. The van der Waals surface area contributed by atoms with Gasteiger partial charge in [0.25, 0.3) is 0 Å². The van der Waals surface area contributed by atoms with Crippen LogP contribution in [0.2, 0.25) is 5.02 Å². The fourth-order valence-corrected chi connectivity index (χ4v) is 2.13. The summed E-state index contributed by atoms with van der Waals surface area (Å²) in [4.78, 5) is 11.8. The van der Waals surface area contributed by atoms with Crippen molar-refractivity contribution >= 4 is 17.6 Å². The predicted molar refractivity (Wildman–Crippen MR) is 83.9 cm³/mol. The van der Waals surface area contributed by atoms with Crippen molar-refractivity contribution in [1.82, 2.24) is 10.6 Å². The van der Waals surface area contributed by atoms with Crippen LogP contribution in [0.4, 0.5) is 4.79 Å². The zero-order valence-electron chi connectivity index (χ0n) is 12.5. The molecular formula is C15H23ClN2O3. The number of hydrogen-bond acceptors (Lipinski definition) is 3. The largest absolute Gasteiger partial charge is 0.490 e. The quantitative estimate of drug-likeness (QED) is 0.646. The Morgan fingerprint density at radius 3 is 2.76 bits per heavy atom. The molecule has 1 aromatic rings. The molecule has 1 atom stereocenters. The summed E-state index contributed by atoms with van der Waals surface area (Å²) < 4.78 is 5.47. The first-order chi connectivity index (χ1) is 10.0. The van der Waals surface area contributed by atoms with Gasteiger partial charge in [0, 0.05) is 0 Å². The SMILES string of the molecule is CCCC(C)(CO)NC(=O)NCCOc1ccccc1Cl. The van der Waals surface area contributed by atoms with E-state index in [4.69, 9.17) is 16.3 Å². The second-order valence-electron chi connectivity index (χ2n) is 5.13. The Labute approximate surface area is 130 Å². The van der Waals surface area contributed by atoms with Crippen LogP contribution in [0.5, 0.6) is 5.75 Å². The number of aliphatic hydroxyl groups excluding tert-OH is 1. The first-order valence-corrected chi connectivity index (χ1v) is 7.43. The molecule has 1 unspecified atom stereocenters. The van der Waals surface area contributed by atoms with Gasteiger partial charge in [0.2, 0.25) is 0 Å². The normalized spacial score (nSPS) is 13.3. The zero-order valence-corrected chi connectivity index (χ0v) is 13.2. The Morgan fingerprint density at radius 1 is 1.43 bits per heavy atom. The van der Waals surface area contributed by atoms with Crippen molar-refractivity contribution in [2.45, 2.75) is 32.2 Å². The molecule has 118 valence electrons. The summed E-state index contributed by atoms with van der Waals surface area (Å²) in [5, 5.41) is 15.3. The summed E-state index contributed by atoms with van der Waals surface area (Å²) in [6, 6.07) is 6.85. The molecule has 0 heterocycles. The monoisotopic (exact) mass is 314 g/mol. The second-order valence-corrected chi connectivity index (χ2v) is 5.54. The van der Waals surface area contributed by atoms with Crippen molar-refractivity contribution in [3.63, 3.8) is 0 Å². The first-order valence-electron chi connectivity index (χ1n) is 7.05. The van der Waals surface area contributed by atoms with Crippen LogP contribution in [0.3, 0.4) is 0 Å². The molecule has 0 saturated heterocycles. The maximum Gasteiger partial charge on any atom is 0.315 e. The molecule has 5 nitrogen and oxygen atoms in total. The van der Waals surface area contributed by atoms with E-state index in [9.17, 15) is 9.90 Å². The minimum Gasteiger partial charge on any atom is -0.490 e. The average molecular weight is 315 g/mol. The lowest BCUT2D eigenvalue weighted by molar-refractivity contribution is 0.162. The molecule has 6 heteroatoms. The Morgan fingerprint density at radius 2 is 2.14 bits per heavy atom. The molecule has 0 aromatic heterocycles. The maximum absolute atomic E-state index is 11.8. The molecule has 0 bridgehead atoms. The van der Waals surface area contributed by atoms with Crippen LogP contribution < -0.4 is 15.4 Å². The molecule has 0 aliphatic rings. The highest BCUT2D eigenvalue weighted by atomic mass is 35.5. The summed E-state index contributed by atoms with van der Waals surface area (Å²) in [6.45, 7) is 4.40. The lowest BCUT2D eigenvalue weighted by Crippen LogP contribution is -2.53. The van der Waals surface area contributed by atoms with E-state index < -0.39 is 5.54 Å². The molecule has 1 rings (SSSR count). The Hall–Kier alpha value is -1.46. The third-order valence-electron chi connectivity index (χ3n) is 3.05. The third-order valence-corrected chi connectivity index (χ3v) is 3.36.